The van der Waals surface area contributed by atoms with Crippen LogP contribution in [-0.2, 0) is 0 Å². The molecule has 5 rings (SSSR count). The molecule has 5 aromatic rings. The van der Waals surface area contributed by atoms with Gasteiger partial charge in [0.1, 0.15) is 11.2 Å². The van der Waals surface area contributed by atoms with Crippen LogP contribution in [0.1, 0.15) is 0 Å². The van der Waals surface area contributed by atoms with Crippen molar-refractivity contribution in [2.75, 3.05) is 0 Å². The third-order valence-corrected chi connectivity index (χ3v) is 5.61. The predicted octanol–water partition coefficient (Wildman–Crippen LogP) is 7.04. The monoisotopic (exact) mass is 426 g/mol. The Kier molecular flexibility index (Phi) is 4.10. The zero-order valence-electron chi connectivity index (χ0n) is 14.9. The van der Waals surface area contributed by atoms with Gasteiger partial charge in [-0.15, -0.1) is 0 Å². The van der Waals surface area contributed by atoms with E-state index in [9.17, 15) is 4.79 Å². The van der Waals surface area contributed by atoms with E-state index in [4.69, 9.17) is 4.42 Å². The first-order chi connectivity index (χ1) is 13.7. The predicted molar refractivity (Wildman–Crippen MR) is 119 cm³/mol. The van der Waals surface area contributed by atoms with Gasteiger partial charge in [0.25, 0.3) is 0 Å². The standard InChI is InChI=1S/C25H15BrO2/c26-22-15-24-21(14-19(22)17-9-5-2-6-10-17)25(27)20-13-18(11-12-23(20)28-24)16-7-3-1-4-8-16/h1-15H. The first kappa shape index (κ1) is 17.0. The van der Waals surface area contributed by atoms with Gasteiger partial charge >= 0.3 is 0 Å². The van der Waals surface area contributed by atoms with Gasteiger partial charge in [-0.25, -0.2) is 0 Å². The van der Waals surface area contributed by atoms with Crippen LogP contribution in [0.15, 0.2) is 105 Å². The first-order valence-corrected chi connectivity index (χ1v) is 9.81. The van der Waals surface area contributed by atoms with Crippen molar-refractivity contribution in [1.82, 2.24) is 0 Å². The average molecular weight is 427 g/mol. The summed E-state index contributed by atoms with van der Waals surface area (Å²) >= 11 is 3.62. The number of rotatable bonds is 2. The molecule has 0 unspecified atom stereocenters. The van der Waals surface area contributed by atoms with Gasteiger partial charge in [-0.05, 0) is 46.5 Å². The van der Waals surface area contributed by atoms with Crippen LogP contribution in [0, 0.1) is 0 Å². The topological polar surface area (TPSA) is 30.2 Å². The van der Waals surface area contributed by atoms with Gasteiger partial charge in [-0.3, -0.25) is 4.79 Å². The Balaban J connectivity index is 1.78. The summed E-state index contributed by atoms with van der Waals surface area (Å²) in [6, 6.07) is 29.6. The second-order valence-electron chi connectivity index (χ2n) is 6.70. The van der Waals surface area contributed by atoms with Crippen molar-refractivity contribution in [3.63, 3.8) is 0 Å². The molecule has 0 atom stereocenters. The number of halogens is 1. The fourth-order valence-electron chi connectivity index (χ4n) is 3.53. The smallest absolute Gasteiger partial charge is 0.200 e. The van der Waals surface area contributed by atoms with Crippen LogP contribution in [0.3, 0.4) is 0 Å². The van der Waals surface area contributed by atoms with Crippen LogP contribution in [-0.4, -0.2) is 0 Å². The molecular formula is C25H15BrO2. The van der Waals surface area contributed by atoms with E-state index in [1.807, 2.05) is 91.0 Å². The maximum Gasteiger partial charge on any atom is 0.200 e. The lowest BCUT2D eigenvalue weighted by molar-refractivity contribution is 0.660. The van der Waals surface area contributed by atoms with Gasteiger partial charge < -0.3 is 4.42 Å². The third-order valence-electron chi connectivity index (χ3n) is 4.95. The Hall–Kier alpha value is -3.17. The minimum Gasteiger partial charge on any atom is -0.456 e. The van der Waals surface area contributed by atoms with Gasteiger partial charge in [-0.2, -0.15) is 0 Å². The zero-order valence-corrected chi connectivity index (χ0v) is 16.4. The lowest BCUT2D eigenvalue weighted by Gasteiger charge is -2.09. The van der Waals surface area contributed by atoms with Crippen LogP contribution in [0.4, 0.5) is 0 Å². The van der Waals surface area contributed by atoms with E-state index >= 15 is 0 Å². The van der Waals surface area contributed by atoms with Crippen molar-refractivity contribution in [3.05, 3.63) is 106 Å². The SMILES string of the molecule is O=c1c2cc(-c3ccccc3)ccc2oc2cc(Br)c(-c3ccccc3)cc12. The highest BCUT2D eigenvalue weighted by molar-refractivity contribution is 9.10. The van der Waals surface area contributed by atoms with Crippen molar-refractivity contribution < 1.29 is 4.42 Å². The summed E-state index contributed by atoms with van der Waals surface area (Å²) < 4.78 is 6.96. The molecule has 0 bridgehead atoms. The largest absolute Gasteiger partial charge is 0.456 e. The van der Waals surface area contributed by atoms with E-state index in [0.29, 0.717) is 21.9 Å². The number of hydrogen-bond donors (Lipinski definition) is 0. The molecule has 4 aromatic carbocycles. The summed E-state index contributed by atoms with van der Waals surface area (Å²) in [6.45, 7) is 0. The Morgan fingerprint density at radius 1 is 0.607 bits per heavy atom. The van der Waals surface area contributed by atoms with Crippen molar-refractivity contribution in [1.29, 1.82) is 0 Å². The van der Waals surface area contributed by atoms with Crippen molar-refractivity contribution >= 4 is 37.9 Å². The quantitative estimate of drug-likeness (QED) is 0.283. The van der Waals surface area contributed by atoms with Gasteiger partial charge in [0, 0.05) is 4.47 Å². The number of fused-ring (bicyclic) bond motifs is 2. The second-order valence-corrected chi connectivity index (χ2v) is 7.56. The Morgan fingerprint density at radius 3 is 1.96 bits per heavy atom. The molecule has 0 aliphatic heterocycles. The maximum absolute atomic E-state index is 13.3. The van der Waals surface area contributed by atoms with Crippen LogP contribution in [0.2, 0.25) is 0 Å². The molecule has 2 nitrogen and oxygen atoms in total. The molecule has 28 heavy (non-hydrogen) atoms. The van der Waals surface area contributed by atoms with Crippen molar-refractivity contribution in [2.24, 2.45) is 0 Å². The van der Waals surface area contributed by atoms with Gasteiger partial charge in [0.05, 0.1) is 10.8 Å². The molecule has 0 amide bonds. The van der Waals surface area contributed by atoms with Crippen LogP contribution in [0.5, 0.6) is 0 Å². The Morgan fingerprint density at radius 2 is 1.25 bits per heavy atom. The molecule has 1 aromatic heterocycles. The molecule has 3 heteroatoms. The molecular weight excluding hydrogens is 412 g/mol. The highest BCUT2D eigenvalue weighted by Crippen LogP contribution is 2.33. The number of benzene rings is 4. The van der Waals surface area contributed by atoms with Gasteiger partial charge in [0.2, 0.25) is 5.43 Å². The Bertz CT molecular complexity index is 1370. The molecule has 0 saturated carbocycles. The summed E-state index contributed by atoms with van der Waals surface area (Å²) in [4.78, 5) is 13.3. The van der Waals surface area contributed by atoms with E-state index < -0.39 is 0 Å². The van der Waals surface area contributed by atoms with E-state index in [1.54, 1.807) is 0 Å². The molecule has 0 saturated heterocycles. The minimum absolute atomic E-state index is 0.0151. The average Bonchev–Trinajstić information content (AvgIpc) is 2.75. The van der Waals surface area contributed by atoms with Crippen LogP contribution < -0.4 is 5.43 Å². The van der Waals surface area contributed by atoms with E-state index in [1.165, 1.54) is 0 Å². The fourth-order valence-corrected chi connectivity index (χ4v) is 4.08. The zero-order chi connectivity index (χ0) is 19.1. The summed E-state index contributed by atoms with van der Waals surface area (Å²) in [6.07, 6.45) is 0. The van der Waals surface area contributed by atoms with Gasteiger partial charge in [0.15, 0.2) is 0 Å². The normalized spacial score (nSPS) is 11.2. The molecule has 1 heterocycles. The highest BCUT2D eigenvalue weighted by atomic mass is 79.9. The van der Waals surface area contributed by atoms with E-state index in [-0.39, 0.29) is 5.43 Å². The fraction of sp³-hybridized carbons (Fsp3) is 0. The first-order valence-electron chi connectivity index (χ1n) is 9.02. The molecule has 134 valence electrons. The summed E-state index contributed by atoms with van der Waals surface area (Å²) in [5.74, 6) is 0. The van der Waals surface area contributed by atoms with Crippen LogP contribution in [0.25, 0.3) is 44.2 Å². The maximum atomic E-state index is 13.3. The summed E-state index contributed by atoms with van der Waals surface area (Å²) in [7, 11) is 0. The number of hydrogen-bond acceptors (Lipinski definition) is 2. The summed E-state index contributed by atoms with van der Waals surface area (Å²) in [5, 5.41) is 1.18. The van der Waals surface area contributed by atoms with Crippen molar-refractivity contribution in [3.8, 4) is 22.3 Å². The molecule has 0 N–H and O–H groups in total. The van der Waals surface area contributed by atoms with E-state index in [2.05, 4.69) is 15.9 Å². The van der Waals surface area contributed by atoms with E-state index in [0.717, 1.165) is 26.7 Å². The second kappa shape index (κ2) is 6.77. The lowest BCUT2D eigenvalue weighted by atomic mass is 10.0. The van der Waals surface area contributed by atoms with Crippen molar-refractivity contribution in [2.45, 2.75) is 0 Å². The summed E-state index contributed by atoms with van der Waals surface area (Å²) in [5.41, 5.74) is 5.25. The minimum atomic E-state index is -0.0151. The molecule has 0 aliphatic carbocycles. The molecule has 0 fully saturated rings. The molecule has 0 radical (unpaired) electrons. The molecule has 0 spiro atoms. The lowest BCUT2D eigenvalue weighted by Crippen LogP contribution is -2.03. The highest BCUT2D eigenvalue weighted by Gasteiger charge is 2.13. The Labute approximate surface area is 170 Å². The van der Waals surface area contributed by atoms with Crippen LogP contribution >= 0.6 is 15.9 Å². The van der Waals surface area contributed by atoms with Gasteiger partial charge in [-0.1, -0.05) is 82.7 Å². The molecule has 0 aliphatic rings. The third kappa shape index (κ3) is 2.85.